The van der Waals surface area contributed by atoms with Gasteiger partial charge >= 0.3 is 0 Å². The highest BCUT2D eigenvalue weighted by molar-refractivity contribution is 9.10. The summed E-state index contributed by atoms with van der Waals surface area (Å²) < 4.78 is 23.3. The molecule has 1 aromatic rings. The maximum atomic E-state index is 11.8. The molecule has 1 aliphatic heterocycles. The van der Waals surface area contributed by atoms with Crippen LogP contribution in [0.25, 0.3) is 0 Å². The maximum Gasteiger partial charge on any atom is 0.253 e. The summed E-state index contributed by atoms with van der Waals surface area (Å²) >= 11 is 3.37. The Kier molecular flexibility index (Phi) is 5.00. The van der Waals surface area contributed by atoms with Gasteiger partial charge in [0.25, 0.3) is 5.91 Å². The van der Waals surface area contributed by atoms with Crippen molar-refractivity contribution in [3.63, 3.8) is 0 Å². The molecule has 0 bridgehead atoms. The number of amides is 1. The Balaban J connectivity index is 2.36. The van der Waals surface area contributed by atoms with Crippen molar-refractivity contribution in [2.24, 2.45) is 5.11 Å². The lowest BCUT2D eigenvalue weighted by atomic mass is 10.1. The van der Waals surface area contributed by atoms with Crippen LogP contribution in [0.5, 0.6) is 0 Å². The fourth-order valence-corrected chi connectivity index (χ4v) is 4.77. The number of hydrogen-bond donors (Lipinski definition) is 4. The van der Waals surface area contributed by atoms with E-state index in [2.05, 4.69) is 31.3 Å². The molecule has 120 valence electrons. The quantitative estimate of drug-likeness (QED) is 0.465. The van der Waals surface area contributed by atoms with Crippen LogP contribution in [0.15, 0.2) is 32.7 Å². The van der Waals surface area contributed by atoms with Gasteiger partial charge in [0, 0.05) is 11.5 Å². The SMILES string of the molecule is CNC(=O)C(CN1C(C)c2cc(Br)ccc2S1(O)O)N=[N+]=N. The second-order valence-corrected chi connectivity index (χ2v) is 7.68. The lowest BCUT2D eigenvalue weighted by molar-refractivity contribution is -0.122. The van der Waals surface area contributed by atoms with Gasteiger partial charge in [0.2, 0.25) is 11.0 Å². The second-order valence-electron chi connectivity index (χ2n) is 4.82. The average molecular weight is 391 g/mol. The topological polar surface area (TPSA) is 123 Å². The molecule has 22 heavy (non-hydrogen) atoms. The zero-order valence-corrected chi connectivity index (χ0v) is 14.4. The molecule has 0 saturated carbocycles. The zero-order chi connectivity index (χ0) is 16.5. The Bertz CT molecular complexity index is 650. The minimum absolute atomic E-state index is 0.0438. The molecule has 0 fully saturated rings. The van der Waals surface area contributed by atoms with Gasteiger partial charge in [-0.3, -0.25) is 13.9 Å². The van der Waals surface area contributed by atoms with Gasteiger partial charge in [-0.25, -0.2) is 0 Å². The summed E-state index contributed by atoms with van der Waals surface area (Å²) in [6.07, 6.45) is 0. The number of halogens is 1. The standard InChI is InChI=1S/C12H16BrN5O3S/c1-7-9-5-8(13)3-4-11(9)22(20,21)18(7)6-10(16-17-14)12(19)15-2/h3-5,7,10,14H,6H2,1-2H3,(H2-,15,19,20,21)/p+1. The molecule has 1 aromatic carbocycles. The molecule has 1 amide bonds. The molecule has 8 nitrogen and oxygen atoms in total. The van der Waals surface area contributed by atoms with Crippen molar-refractivity contribution >= 4 is 32.6 Å². The van der Waals surface area contributed by atoms with E-state index in [4.69, 9.17) is 5.53 Å². The fraction of sp³-hybridized carbons (Fsp3) is 0.417. The van der Waals surface area contributed by atoms with Crippen LogP contribution in [0.3, 0.4) is 0 Å². The first kappa shape index (κ1) is 17.1. The molecule has 1 aliphatic rings. The van der Waals surface area contributed by atoms with E-state index in [-0.39, 0.29) is 12.6 Å². The number of nitrogens with zero attached hydrogens (tertiary/aromatic N) is 3. The van der Waals surface area contributed by atoms with Crippen LogP contribution in [0.1, 0.15) is 18.5 Å². The van der Waals surface area contributed by atoms with E-state index in [1.54, 1.807) is 12.1 Å². The van der Waals surface area contributed by atoms with Crippen LogP contribution in [0, 0.1) is 5.53 Å². The molecular formula is C12H17BrN5O3S+. The van der Waals surface area contributed by atoms with E-state index in [0.717, 1.165) is 10.0 Å². The Morgan fingerprint density at radius 2 is 2.32 bits per heavy atom. The summed E-state index contributed by atoms with van der Waals surface area (Å²) in [4.78, 5) is 15.2. The van der Waals surface area contributed by atoms with Gasteiger partial charge in [-0.15, -0.1) is 10.8 Å². The largest absolute Gasteiger partial charge is 0.357 e. The highest BCUT2D eigenvalue weighted by atomic mass is 79.9. The number of rotatable bonds is 4. The molecule has 0 aromatic heterocycles. The molecule has 0 saturated heterocycles. The van der Waals surface area contributed by atoms with Crippen LogP contribution in [0.4, 0.5) is 0 Å². The van der Waals surface area contributed by atoms with Crippen LogP contribution < -0.4 is 10.2 Å². The van der Waals surface area contributed by atoms with Crippen molar-refractivity contribution in [1.82, 2.24) is 14.5 Å². The average Bonchev–Trinajstić information content (AvgIpc) is 2.66. The molecule has 0 radical (unpaired) electrons. The third kappa shape index (κ3) is 2.94. The maximum absolute atomic E-state index is 11.8. The molecule has 2 unspecified atom stereocenters. The number of benzene rings is 1. The van der Waals surface area contributed by atoms with Gasteiger partial charge in [-0.2, -0.15) is 4.31 Å². The number of nitrogens with one attached hydrogen (secondary N) is 2. The highest BCUT2D eigenvalue weighted by Crippen LogP contribution is 2.63. The lowest BCUT2D eigenvalue weighted by Crippen LogP contribution is -2.40. The van der Waals surface area contributed by atoms with E-state index in [1.807, 2.05) is 13.0 Å². The normalized spacial score (nSPS) is 22.3. The van der Waals surface area contributed by atoms with E-state index in [0.29, 0.717) is 4.90 Å². The number of carbonyl (C=O) groups excluding carboxylic acids is 1. The van der Waals surface area contributed by atoms with E-state index >= 15 is 0 Å². The predicted octanol–water partition coefficient (Wildman–Crippen LogP) is 2.52. The third-order valence-electron chi connectivity index (χ3n) is 3.58. The predicted molar refractivity (Wildman–Crippen MR) is 85.5 cm³/mol. The van der Waals surface area contributed by atoms with Gasteiger partial charge in [0.15, 0.2) is 0 Å². The monoisotopic (exact) mass is 390 g/mol. The van der Waals surface area contributed by atoms with Crippen LogP contribution in [0.2, 0.25) is 0 Å². The first-order valence-electron chi connectivity index (χ1n) is 6.45. The molecule has 4 N–H and O–H groups in total. The Labute approximate surface area is 137 Å². The summed E-state index contributed by atoms with van der Waals surface area (Å²) in [5, 5.41) is 5.99. The molecular weight excluding hydrogens is 374 g/mol. The first-order chi connectivity index (χ1) is 10.3. The summed E-state index contributed by atoms with van der Waals surface area (Å²) in [5.41, 5.74) is 7.60. The molecule has 0 aliphatic carbocycles. The van der Waals surface area contributed by atoms with Crippen molar-refractivity contribution in [2.45, 2.75) is 23.9 Å². The van der Waals surface area contributed by atoms with Crippen molar-refractivity contribution in [2.75, 3.05) is 13.6 Å². The Morgan fingerprint density at radius 3 is 2.91 bits per heavy atom. The van der Waals surface area contributed by atoms with Crippen LogP contribution in [-0.4, -0.2) is 39.0 Å². The smallest absolute Gasteiger partial charge is 0.253 e. The second kappa shape index (κ2) is 6.45. The van der Waals surface area contributed by atoms with Gasteiger partial charge in [0.05, 0.1) is 17.5 Å². The number of fused-ring (bicyclic) bond motifs is 1. The summed E-state index contributed by atoms with van der Waals surface area (Å²) in [7, 11) is -1.75. The van der Waals surface area contributed by atoms with Gasteiger partial charge in [0.1, 0.15) is 10.6 Å². The Morgan fingerprint density at radius 1 is 1.64 bits per heavy atom. The molecule has 2 atom stereocenters. The third-order valence-corrected chi connectivity index (χ3v) is 6.15. The zero-order valence-electron chi connectivity index (χ0n) is 12.0. The number of carbonyl (C=O) groups is 1. The first-order valence-corrected chi connectivity index (χ1v) is 8.75. The molecule has 10 heteroatoms. The molecule has 1 heterocycles. The van der Waals surface area contributed by atoms with Crippen LogP contribution >= 0.6 is 26.7 Å². The van der Waals surface area contributed by atoms with Crippen molar-refractivity contribution in [3.05, 3.63) is 28.2 Å². The van der Waals surface area contributed by atoms with E-state index in [1.165, 1.54) is 11.4 Å². The highest BCUT2D eigenvalue weighted by Gasteiger charge is 2.43. The Hall–Kier alpha value is -1.29. The van der Waals surface area contributed by atoms with Crippen molar-refractivity contribution in [3.8, 4) is 0 Å². The minimum atomic E-state index is -3.20. The van der Waals surface area contributed by atoms with Crippen molar-refractivity contribution < 1.29 is 13.9 Å². The number of hydrogen-bond acceptors (Lipinski definition) is 6. The lowest BCUT2D eigenvalue weighted by Gasteiger charge is -2.39. The van der Waals surface area contributed by atoms with Gasteiger partial charge in [-0.05, 0) is 30.7 Å². The number of likely N-dealkylation sites (N-methyl/N-ethyl adjacent to an activating group) is 1. The van der Waals surface area contributed by atoms with Crippen molar-refractivity contribution in [1.29, 1.82) is 5.53 Å². The van der Waals surface area contributed by atoms with E-state index < -0.39 is 22.7 Å². The summed E-state index contributed by atoms with van der Waals surface area (Å²) in [6, 6.07) is 3.95. The summed E-state index contributed by atoms with van der Waals surface area (Å²) in [5.74, 6) is -0.435. The van der Waals surface area contributed by atoms with Gasteiger partial charge in [-0.1, -0.05) is 15.9 Å². The van der Waals surface area contributed by atoms with Gasteiger partial charge < -0.3 is 5.32 Å². The molecule has 2 rings (SSSR count). The molecule has 0 spiro atoms. The van der Waals surface area contributed by atoms with Crippen LogP contribution in [-0.2, 0) is 4.79 Å². The van der Waals surface area contributed by atoms with E-state index in [9.17, 15) is 13.9 Å². The summed E-state index contributed by atoms with van der Waals surface area (Å²) in [6.45, 7) is 1.78. The fourth-order valence-electron chi connectivity index (χ4n) is 2.44. The minimum Gasteiger partial charge on any atom is -0.357 e.